The van der Waals surface area contributed by atoms with Crippen molar-refractivity contribution in [3.63, 3.8) is 0 Å². The molecule has 0 unspecified atom stereocenters. The second kappa shape index (κ2) is 3.90. The van der Waals surface area contributed by atoms with E-state index in [0.29, 0.717) is 5.41 Å². The smallest absolute Gasteiger partial charge is 0.0551 e. The first-order valence-electron chi connectivity index (χ1n) is 5.78. The second-order valence-corrected chi connectivity index (χ2v) is 4.85. The van der Waals surface area contributed by atoms with E-state index in [1.807, 2.05) is 0 Å². The van der Waals surface area contributed by atoms with Gasteiger partial charge in [-0.3, -0.25) is 0 Å². The van der Waals surface area contributed by atoms with E-state index in [2.05, 4.69) is 25.2 Å². The molecule has 1 N–H and O–H groups in total. The van der Waals surface area contributed by atoms with Crippen molar-refractivity contribution in [2.75, 3.05) is 0 Å². The molecule has 0 saturated heterocycles. The normalized spacial score (nSPS) is 36.4. The van der Waals surface area contributed by atoms with Gasteiger partial charge in [0.2, 0.25) is 0 Å². The molecule has 1 fully saturated rings. The topological polar surface area (TPSA) is 20.2 Å². The molecule has 0 heterocycles. The quantitative estimate of drug-likeness (QED) is 0.728. The zero-order valence-corrected chi connectivity index (χ0v) is 9.00. The van der Waals surface area contributed by atoms with E-state index in [1.54, 1.807) is 0 Å². The lowest BCUT2D eigenvalue weighted by atomic mass is 9.62. The maximum atomic E-state index is 9.41. The van der Waals surface area contributed by atoms with Crippen molar-refractivity contribution in [1.82, 2.24) is 0 Å². The lowest BCUT2D eigenvalue weighted by Gasteiger charge is -2.45. The van der Waals surface area contributed by atoms with Gasteiger partial charge in [0.25, 0.3) is 0 Å². The van der Waals surface area contributed by atoms with E-state index >= 15 is 0 Å². The van der Waals surface area contributed by atoms with Crippen molar-refractivity contribution >= 4 is 0 Å². The molecular formula is C13H20O. The molecule has 2 aliphatic rings. The highest BCUT2D eigenvalue weighted by Gasteiger charge is 2.41. The summed E-state index contributed by atoms with van der Waals surface area (Å²) in [6.45, 7) is 2.25. The van der Waals surface area contributed by atoms with E-state index in [1.165, 1.54) is 31.3 Å². The van der Waals surface area contributed by atoms with Gasteiger partial charge in [-0.25, -0.2) is 0 Å². The molecule has 0 radical (unpaired) electrons. The van der Waals surface area contributed by atoms with Crippen molar-refractivity contribution < 1.29 is 5.11 Å². The number of aliphatic hydroxyl groups excluding tert-OH is 1. The van der Waals surface area contributed by atoms with Crippen LogP contribution in [0.2, 0.25) is 0 Å². The average molecular weight is 192 g/mol. The lowest BCUT2D eigenvalue weighted by Crippen LogP contribution is -2.40. The summed E-state index contributed by atoms with van der Waals surface area (Å²) in [6, 6.07) is 0. The fourth-order valence-corrected chi connectivity index (χ4v) is 2.73. The molecule has 78 valence electrons. The predicted molar refractivity (Wildman–Crippen MR) is 59.0 cm³/mol. The SMILES string of the molecule is CCC1(CC2=CCCC=C2)CC(O)C1. The minimum atomic E-state index is -0.0249. The standard InChI is InChI=1S/C13H20O/c1-2-13(9-12(14)10-13)8-11-6-4-3-5-7-11/h4,6-7,12,14H,2-3,5,8-10H2,1H3. The summed E-state index contributed by atoms with van der Waals surface area (Å²) >= 11 is 0. The van der Waals surface area contributed by atoms with Crippen LogP contribution >= 0.6 is 0 Å². The van der Waals surface area contributed by atoms with Crippen LogP contribution in [-0.2, 0) is 0 Å². The Kier molecular flexibility index (Phi) is 2.78. The van der Waals surface area contributed by atoms with Crippen molar-refractivity contribution in [1.29, 1.82) is 0 Å². The van der Waals surface area contributed by atoms with Crippen LogP contribution in [0.15, 0.2) is 23.8 Å². The van der Waals surface area contributed by atoms with Gasteiger partial charge in [0.05, 0.1) is 6.10 Å². The summed E-state index contributed by atoms with van der Waals surface area (Å²) in [5, 5.41) is 9.41. The first-order valence-corrected chi connectivity index (χ1v) is 5.78. The molecule has 14 heavy (non-hydrogen) atoms. The van der Waals surface area contributed by atoms with Crippen LogP contribution in [0.3, 0.4) is 0 Å². The Morgan fingerprint density at radius 1 is 1.43 bits per heavy atom. The van der Waals surface area contributed by atoms with Gasteiger partial charge in [0, 0.05) is 0 Å². The molecule has 0 bridgehead atoms. The van der Waals surface area contributed by atoms with Crippen LogP contribution in [0, 0.1) is 5.41 Å². The molecule has 2 aliphatic carbocycles. The number of hydrogen-bond acceptors (Lipinski definition) is 1. The lowest BCUT2D eigenvalue weighted by molar-refractivity contribution is -0.0338. The minimum absolute atomic E-state index is 0.0249. The Morgan fingerprint density at radius 2 is 2.21 bits per heavy atom. The van der Waals surface area contributed by atoms with Crippen molar-refractivity contribution in [3.8, 4) is 0 Å². The van der Waals surface area contributed by atoms with Gasteiger partial charge in [-0.1, -0.05) is 30.7 Å². The summed E-state index contributed by atoms with van der Waals surface area (Å²) in [4.78, 5) is 0. The first-order chi connectivity index (χ1) is 6.74. The molecule has 0 aromatic rings. The van der Waals surface area contributed by atoms with Crippen LogP contribution in [0.1, 0.15) is 45.4 Å². The molecule has 1 nitrogen and oxygen atoms in total. The van der Waals surface area contributed by atoms with Gasteiger partial charge in [0.15, 0.2) is 0 Å². The molecular weight excluding hydrogens is 172 g/mol. The summed E-state index contributed by atoms with van der Waals surface area (Å²) in [6.07, 6.45) is 13.7. The number of allylic oxidation sites excluding steroid dienone is 4. The third-order valence-corrected chi connectivity index (χ3v) is 3.74. The van der Waals surface area contributed by atoms with Crippen LogP contribution in [0.4, 0.5) is 0 Å². The highest BCUT2D eigenvalue weighted by Crippen LogP contribution is 2.48. The third kappa shape index (κ3) is 1.93. The van der Waals surface area contributed by atoms with E-state index in [4.69, 9.17) is 0 Å². The van der Waals surface area contributed by atoms with Gasteiger partial charge in [-0.15, -0.1) is 0 Å². The Labute approximate surface area is 86.5 Å². The number of hydrogen-bond donors (Lipinski definition) is 1. The highest BCUT2D eigenvalue weighted by atomic mass is 16.3. The Morgan fingerprint density at radius 3 is 2.71 bits per heavy atom. The van der Waals surface area contributed by atoms with Crippen LogP contribution in [0.25, 0.3) is 0 Å². The molecule has 0 amide bonds. The van der Waals surface area contributed by atoms with Crippen molar-refractivity contribution in [2.45, 2.75) is 51.6 Å². The van der Waals surface area contributed by atoms with Crippen molar-refractivity contribution in [3.05, 3.63) is 23.8 Å². The molecule has 2 rings (SSSR count). The Hall–Kier alpha value is -0.560. The molecule has 0 atom stereocenters. The van der Waals surface area contributed by atoms with E-state index in [9.17, 15) is 5.11 Å². The zero-order valence-electron chi connectivity index (χ0n) is 9.00. The van der Waals surface area contributed by atoms with Gasteiger partial charge >= 0.3 is 0 Å². The van der Waals surface area contributed by atoms with Crippen LogP contribution < -0.4 is 0 Å². The van der Waals surface area contributed by atoms with E-state index in [0.717, 1.165) is 12.8 Å². The predicted octanol–water partition coefficient (Wildman–Crippen LogP) is 3.20. The first kappa shape index (κ1) is 9.97. The second-order valence-electron chi connectivity index (χ2n) is 4.85. The maximum absolute atomic E-state index is 9.41. The van der Waals surface area contributed by atoms with Gasteiger partial charge in [-0.05, 0) is 43.9 Å². The summed E-state index contributed by atoms with van der Waals surface area (Å²) < 4.78 is 0. The maximum Gasteiger partial charge on any atom is 0.0551 e. The fraction of sp³-hybridized carbons (Fsp3) is 0.692. The van der Waals surface area contributed by atoms with Crippen LogP contribution in [0.5, 0.6) is 0 Å². The van der Waals surface area contributed by atoms with Crippen molar-refractivity contribution in [2.24, 2.45) is 5.41 Å². The Bertz CT molecular complexity index is 256. The Balaban J connectivity index is 1.95. The molecule has 1 saturated carbocycles. The molecule has 0 aliphatic heterocycles. The zero-order chi connectivity index (χ0) is 10.0. The molecule has 0 spiro atoms. The summed E-state index contributed by atoms with van der Waals surface area (Å²) in [5.41, 5.74) is 1.91. The van der Waals surface area contributed by atoms with Gasteiger partial charge < -0.3 is 5.11 Å². The van der Waals surface area contributed by atoms with Crippen LogP contribution in [-0.4, -0.2) is 11.2 Å². The number of aliphatic hydroxyl groups is 1. The van der Waals surface area contributed by atoms with Gasteiger partial charge in [-0.2, -0.15) is 0 Å². The van der Waals surface area contributed by atoms with E-state index < -0.39 is 0 Å². The summed E-state index contributed by atoms with van der Waals surface area (Å²) in [7, 11) is 0. The highest BCUT2D eigenvalue weighted by molar-refractivity contribution is 5.24. The third-order valence-electron chi connectivity index (χ3n) is 3.74. The average Bonchev–Trinajstić information content (AvgIpc) is 2.16. The fourth-order valence-electron chi connectivity index (χ4n) is 2.73. The minimum Gasteiger partial charge on any atom is -0.393 e. The summed E-state index contributed by atoms with van der Waals surface area (Å²) in [5.74, 6) is 0. The van der Waals surface area contributed by atoms with E-state index in [-0.39, 0.29) is 6.10 Å². The molecule has 0 aromatic carbocycles. The largest absolute Gasteiger partial charge is 0.393 e. The number of rotatable bonds is 3. The molecule has 1 heteroatoms. The van der Waals surface area contributed by atoms with Gasteiger partial charge in [0.1, 0.15) is 0 Å². The molecule has 0 aromatic heterocycles. The monoisotopic (exact) mass is 192 g/mol.